The molecule has 0 radical (unpaired) electrons. The Hall–Kier alpha value is -4.29. The van der Waals surface area contributed by atoms with Crippen LogP contribution >= 0.6 is 0 Å². The molecule has 11 nitrogen and oxygen atoms in total. The predicted molar refractivity (Wildman–Crippen MR) is 199 cm³/mol. The lowest BCUT2D eigenvalue weighted by Gasteiger charge is -2.39. The number of likely N-dealkylation sites (tertiary alicyclic amines) is 1. The topological polar surface area (TPSA) is 142 Å². The van der Waals surface area contributed by atoms with Crippen LogP contribution in [-0.4, -0.2) is 92.9 Å². The molecule has 0 bridgehead atoms. The fraction of sp³-hybridized carbons (Fsp3) is 0.475. The number of amides is 1. The van der Waals surface area contributed by atoms with Gasteiger partial charge < -0.3 is 35.8 Å². The summed E-state index contributed by atoms with van der Waals surface area (Å²) >= 11 is 0. The van der Waals surface area contributed by atoms with Gasteiger partial charge in [-0.25, -0.2) is 4.98 Å². The third kappa shape index (κ3) is 7.67. The van der Waals surface area contributed by atoms with E-state index in [1.807, 2.05) is 13.2 Å². The maximum atomic E-state index is 13.3. The maximum Gasteiger partial charge on any atom is 0.255 e. The highest BCUT2D eigenvalue weighted by molar-refractivity contribution is 5.99. The van der Waals surface area contributed by atoms with E-state index in [0.717, 1.165) is 68.4 Å². The minimum absolute atomic E-state index is 0.0426. The first kappa shape index (κ1) is 35.1. The molecule has 4 heterocycles. The van der Waals surface area contributed by atoms with E-state index in [4.69, 9.17) is 10.5 Å². The second-order valence-electron chi connectivity index (χ2n) is 15.2. The molecule has 1 aliphatic carbocycles. The molecule has 51 heavy (non-hydrogen) atoms. The van der Waals surface area contributed by atoms with Gasteiger partial charge in [-0.15, -0.1) is 0 Å². The van der Waals surface area contributed by atoms with Crippen LogP contribution in [0.4, 0.5) is 11.5 Å². The Morgan fingerprint density at radius 2 is 1.78 bits per heavy atom. The summed E-state index contributed by atoms with van der Waals surface area (Å²) < 4.78 is 8.11. The highest BCUT2D eigenvalue weighted by Crippen LogP contribution is 2.44. The number of rotatable bonds is 11. The SMILES string of the molecule is Cn1cc(-c2cnc(N)c(C(=O)N[C@H]3CCC[C@@H]3OCc3ccc(-c4ccc5c(c4)C(C)(C)CN5C4CCN(CC(O)CO)CC4)cc3)c2)cn1. The van der Waals surface area contributed by atoms with Crippen LogP contribution in [-0.2, 0) is 23.8 Å². The van der Waals surface area contributed by atoms with E-state index in [-0.39, 0.29) is 35.9 Å². The monoisotopic (exact) mass is 693 g/mol. The zero-order chi connectivity index (χ0) is 35.7. The Morgan fingerprint density at radius 3 is 2.51 bits per heavy atom. The van der Waals surface area contributed by atoms with Crippen molar-refractivity contribution >= 4 is 17.4 Å². The molecule has 11 heteroatoms. The van der Waals surface area contributed by atoms with Crippen LogP contribution in [0.1, 0.15) is 67.4 Å². The van der Waals surface area contributed by atoms with Gasteiger partial charge in [0.25, 0.3) is 5.91 Å². The number of carbonyl (C=O) groups excluding carboxylic acids is 1. The molecule has 3 aliphatic rings. The summed E-state index contributed by atoms with van der Waals surface area (Å²) in [6.07, 6.45) is 9.38. The summed E-state index contributed by atoms with van der Waals surface area (Å²) in [5.41, 5.74) is 14.4. The first-order valence-electron chi connectivity index (χ1n) is 18.3. The number of aromatic nitrogens is 3. The van der Waals surface area contributed by atoms with Crippen LogP contribution in [0.15, 0.2) is 67.1 Å². The molecule has 2 fully saturated rings. The van der Waals surface area contributed by atoms with Gasteiger partial charge in [0.2, 0.25) is 0 Å². The summed E-state index contributed by atoms with van der Waals surface area (Å²) in [5, 5.41) is 26.5. The molecule has 3 atom stereocenters. The molecule has 2 aromatic heterocycles. The number of aryl methyl sites for hydroxylation is 1. The van der Waals surface area contributed by atoms with E-state index in [0.29, 0.717) is 24.8 Å². The number of hydrogen-bond acceptors (Lipinski definition) is 9. The van der Waals surface area contributed by atoms with E-state index in [2.05, 4.69) is 81.5 Å². The number of carbonyl (C=O) groups is 1. The van der Waals surface area contributed by atoms with Crippen molar-refractivity contribution < 1.29 is 19.7 Å². The molecule has 7 rings (SSSR count). The number of fused-ring (bicyclic) bond motifs is 1. The van der Waals surface area contributed by atoms with Crippen molar-refractivity contribution in [2.45, 2.75) is 82.3 Å². The maximum absolute atomic E-state index is 13.3. The summed E-state index contributed by atoms with van der Waals surface area (Å²) in [5.74, 6) is -0.0367. The molecule has 1 amide bonds. The molecule has 270 valence electrons. The fourth-order valence-electron chi connectivity index (χ4n) is 8.12. The van der Waals surface area contributed by atoms with Crippen molar-refractivity contribution in [3.63, 3.8) is 0 Å². The van der Waals surface area contributed by atoms with Gasteiger partial charge in [-0.05, 0) is 72.6 Å². The van der Waals surface area contributed by atoms with Crippen molar-refractivity contribution in [1.29, 1.82) is 0 Å². The molecule has 1 saturated heterocycles. The quantitative estimate of drug-likeness (QED) is 0.179. The smallest absolute Gasteiger partial charge is 0.255 e. The molecular formula is C40H51N7O4. The average molecular weight is 694 g/mol. The van der Waals surface area contributed by atoms with Gasteiger partial charge >= 0.3 is 0 Å². The highest BCUT2D eigenvalue weighted by Gasteiger charge is 2.39. The van der Waals surface area contributed by atoms with Crippen LogP contribution in [0.2, 0.25) is 0 Å². The van der Waals surface area contributed by atoms with Gasteiger partial charge in [0, 0.05) is 73.9 Å². The van der Waals surface area contributed by atoms with Crippen molar-refractivity contribution in [2.24, 2.45) is 7.05 Å². The van der Waals surface area contributed by atoms with Gasteiger partial charge in [0.05, 0.1) is 43.2 Å². The summed E-state index contributed by atoms with van der Waals surface area (Å²) in [7, 11) is 1.85. The third-order valence-corrected chi connectivity index (χ3v) is 11.0. The lowest BCUT2D eigenvalue weighted by molar-refractivity contribution is 0.0272. The fourth-order valence-corrected chi connectivity index (χ4v) is 8.12. The Labute approximate surface area is 300 Å². The normalized spacial score (nSPS) is 21.2. The second kappa shape index (κ2) is 14.7. The Morgan fingerprint density at radius 1 is 1.02 bits per heavy atom. The van der Waals surface area contributed by atoms with Crippen LogP contribution < -0.4 is 16.0 Å². The van der Waals surface area contributed by atoms with Crippen LogP contribution in [0.25, 0.3) is 22.3 Å². The highest BCUT2D eigenvalue weighted by atomic mass is 16.5. The van der Waals surface area contributed by atoms with E-state index in [1.54, 1.807) is 23.1 Å². The van der Waals surface area contributed by atoms with Gasteiger partial charge in [-0.2, -0.15) is 5.10 Å². The third-order valence-electron chi connectivity index (χ3n) is 11.0. The number of piperidine rings is 1. The number of nitrogen functional groups attached to an aromatic ring is 1. The van der Waals surface area contributed by atoms with E-state index < -0.39 is 6.10 Å². The first-order chi connectivity index (χ1) is 24.6. The van der Waals surface area contributed by atoms with Gasteiger partial charge in [-0.1, -0.05) is 44.2 Å². The number of aliphatic hydroxyl groups excluding tert-OH is 2. The lowest BCUT2D eigenvalue weighted by atomic mass is 9.85. The lowest BCUT2D eigenvalue weighted by Crippen LogP contribution is -2.47. The standard InChI is InChI=1S/C40H51N7O4/c1-40(2)25-47(31-13-15-46(16-14-31)22-32(49)23-48)36-12-11-28(18-34(36)40)27-9-7-26(8-10-27)24-51-37-6-4-5-35(37)44-39(50)33-17-29(19-42-38(33)41)30-20-43-45(3)21-30/h7-12,17-21,31-32,35,37,48-49H,4-6,13-16,22-25H2,1-3H3,(H2,41,42)(H,44,50)/t32?,35-,37-/m0/s1. The molecule has 2 aliphatic heterocycles. The van der Waals surface area contributed by atoms with E-state index >= 15 is 0 Å². The largest absolute Gasteiger partial charge is 0.394 e. The zero-order valence-corrected chi connectivity index (χ0v) is 30.0. The van der Waals surface area contributed by atoms with Crippen LogP contribution in [0.5, 0.6) is 0 Å². The van der Waals surface area contributed by atoms with Gasteiger partial charge in [-0.3, -0.25) is 9.48 Å². The first-order valence-corrected chi connectivity index (χ1v) is 18.3. The molecular weight excluding hydrogens is 642 g/mol. The zero-order valence-electron chi connectivity index (χ0n) is 30.0. The predicted octanol–water partition coefficient (Wildman–Crippen LogP) is 4.51. The number of pyridine rings is 1. The molecule has 2 aromatic carbocycles. The summed E-state index contributed by atoms with van der Waals surface area (Å²) in [6, 6.07) is 17.7. The number of ether oxygens (including phenoxy) is 1. The minimum Gasteiger partial charge on any atom is -0.394 e. The number of β-amino-alcohol motifs (C(OH)–C–C–N with tert-alkyl or cyclic N) is 1. The molecule has 1 unspecified atom stereocenters. The molecule has 4 aromatic rings. The Balaban J connectivity index is 0.957. The van der Waals surface area contributed by atoms with Crippen molar-refractivity contribution in [2.75, 3.05) is 43.4 Å². The summed E-state index contributed by atoms with van der Waals surface area (Å²) in [4.78, 5) is 22.5. The number of hydrogen-bond donors (Lipinski definition) is 4. The minimum atomic E-state index is -0.667. The van der Waals surface area contributed by atoms with Gasteiger partial charge in [0.1, 0.15) is 5.82 Å². The number of nitrogens with one attached hydrogen (secondary N) is 1. The van der Waals surface area contributed by atoms with Crippen molar-refractivity contribution in [3.8, 4) is 22.3 Å². The number of aliphatic hydroxyl groups is 2. The molecule has 0 spiro atoms. The van der Waals surface area contributed by atoms with E-state index in [1.165, 1.54) is 22.4 Å². The molecule has 1 saturated carbocycles. The number of nitrogens with two attached hydrogens (primary N) is 1. The van der Waals surface area contributed by atoms with Gasteiger partial charge in [0.15, 0.2) is 0 Å². The summed E-state index contributed by atoms with van der Waals surface area (Å²) in [6.45, 7) is 8.38. The number of benzene rings is 2. The van der Waals surface area contributed by atoms with E-state index in [9.17, 15) is 15.0 Å². The second-order valence-corrected chi connectivity index (χ2v) is 15.2. The molecule has 5 N–H and O–H groups in total. The average Bonchev–Trinajstić information content (AvgIpc) is 3.84. The Kier molecular flexibility index (Phi) is 10.2. The Bertz CT molecular complexity index is 1830. The van der Waals surface area contributed by atoms with Crippen LogP contribution in [0, 0.1) is 0 Å². The number of nitrogens with zero attached hydrogens (tertiary/aromatic N) is 5. The van der Waals surface area contributed by atoms with Crippen molar-refractivity contribution in [3.05, 3.63) is 83.8 Å². The van der Waals surface area contributed by atoms with Crippen molar-refractivity contribution in [1.82, 2.24) is 25.0 Å². The van der Waals surface area contributed by atoms with Crippen LogP contribution in [0.3, 0.4) is 0 Å². The number of anilines is 2.